The SMILES string of the molecule is CC/C=C/C/C=C/C/C=C/C/C=C/C/C=C/CCCCCC(=O)O[C@@H](COC(=O)CCCCCCCCC)COP(=O)(O)OC[C@H](N)C(=O)O. The van der Waals surface area contributed by atoms with Crippen LogP contribution in [0.4, 0.5) is 0 Å². The van der Waals surface area contributed by atoms with Crippen LogP contribution in [0.5, 0.6) is 0 Å². The highest BCUT2D eigenvalue weighted by Crippen LogP contribution is 2.43. The summed E-state index contributed by atoms with van der Waals surface area (Å²) in [7, 11) is -4.71. The first kappa shape index (κ1) is 47.2. The molecule has 0 aromatic carbocycles. The molecule has 0 radical (unpaired) electrons. The van der Waals surface area contributed by atoms with Crippen LogP contribution < -0.4 is 5.73 Å². The van der Waals surface area contributed by atoms with E-state index in [1.807, 2.05) is 0 Å². The summed E-state index contributed by atoms with van der Waals surface area (Å²) >= 11 is 0. The van der Waals surface area contributed by atoms with Gasteiger partial charge < -0.3 is 25.2 Å². The summed E-state index contributed by atoms with van der Waals surface area (Å²) in [5.74, 6) is -2.44. The second-order valence-corrected chi connectivity index (χ2v) is 13.4. The number of phosphoric ester groups is 1. The lowest BCUT2D eigenvalue weighted by atomic mass is 10.1. The Hall–Kier alpha value is -2.82. The predicted octanol–water partition coefficient (Wildman–Crippen LogP) is 8.83. The summed E-state index contributed by atoms with van der Waals surface area (Å²) in [6.07, 6.45) is 36.1. The highest BCUT2D eigenvalue weighted by Gasteiger charge is 2.28. The van der Waals surface area contributed by atoms with E-state index >= 15 is 0 Å². The van der Waals surface area contributed by atoms with E-state index in [-0.39, 0.29) is 19.4 Å². The van der Waals surface area contributed by atoms with Crippen LogP contribution in [0.2, 0.25) is 0 Å². The van der Waals surface area contributed by atoms with Gasteiger partial charge in [0.2, 0.25) is 0 Å². The van der Waals surface area contributed by atoms with E-state index in [1.54, 1.807) is 0 Å². The molecule has 0 fully saturated rings. The molecule has 0 aliphatic carbocycles. The molecule has 0 aromatic heterocycles. The molecule has 0 saturated carbocycles. The number of carboxylic acids is 1. The fourth-order valence-electron chi connectivity index (χ4n) is 4.38. The Morgan fingerprint density at radius 3 is 1.68 bits per heavy atom. The number of allylic oxidation sites excluding steroid dienone is 10. The molecule has 11 nitrogen and oxygen atoms in total. The van der Waals surface area contributed by atoms with Gasteiger partial charge in [-0.25, -0.2) is 4.57 Å². The van der Waals surface area contributed by atoms with Crippen LogP contribution >= 0.6 is 7.82 Å². The van der Waals surface area contributed by atoms with E-state index in [9.17, 15) is 23.8 Å². The number of phosphoric acid groups is 1. The topological polar surface area (TPSA) is 172 Å². The first-order valence-electron chi connectivity index (χ1n) is 18.3. The van der Waals surface area contributed by atoms with Crippen molar-refractivity contribution in [1.29, 1.82) is 0 Å². The van der Waals surface area contributed by atoms with Crippen LogP contribution in [-0.2, 0) is 37.5 Å². The molecule has 3 atom stereocenters. The van der Waals surface area contributed by atoms with Crippen molar-refractivity contribution >= 4 is 25.7 Å². The number of hydrogen-bond donors (Lipinski definition) is 3. The summed E-state index contributed by atoms with van der Waals surface area (Å²) in [4.78, 5) is 45.5. The monoisotopic (exact) mass is 725 g/mol. The van der Waals surface area contributed by atoms with Crippen LogP contribution in [0.1, 0.15) is 129 Å². The van der Waals surface area contributed by atoms with Gasteiger partial charge in [-0.2, -0.15) is 0 Å². The molecule has 12 heteroatoms. The number of unbranched alkanes of at least 4 members (excludes halogenated alkanes) is 9. The normalized spacial score (nSPS) is 14.6. The quantitative estimate of drug-likeness (QED) is 0.0255. The largest absolute Gasteiger partial charge is 0.480 e. The van der Waals surface area contributed by atoms with Crippen LogP contribution in [0.15, 0.2) is 60.8 Å². The average Bonchev–Trinajstić information content (AvgIpc) is 3.09. The Balaban J connectivity index is 4.47. The molecule has 0 aromatic rings. The van der Waals surface area contributed by atoms with Crippen LogP contribution in [0, 0.1) is 0 Å². The fraction of sp³-hybridized carbons (Fsp3) is 0.658. The zero-order valence-electron chi connectivity index (χ0n) is 30.5. The van der Waals surface area contributed by atoms with E-state index in [2.05, 4.69) is 79.1 Å². The molecule has 0 saturated heterocycles. The fourth-order valence-corrected chi connectivity index (χ4v) is 5.16. The maximum absolute atomic E-state index is 12.5. The number of carbonyl (C=O) groups excluding carboxylic acids is 2. The van der Waals surface area contributed by atoms with Crippen LogP contribution in [0.25, 0.3) is 0 Å². The molecule has 0 aliphatic rings. The third-order valence-corrected chi connectivity index (χ3v) is 8.23. The Bertz CT molecular complexity index is 1090. The number of carbonyl (C=O) groups is 3. The summed E-state index contributed by atoms with van der Waals surface area (Å²) in [6, 6.07) is -1.53. The van der Waals surface area contributed by atoms with Gasteiger partial charge in [0, 0.05) is 12.8 Å². The highest BCUT2D eigenvalue weighted by molar-refractivity contribution is 7.47. The second-order valence-electron chi connectivity index (χ2n) is 12.0. The Morgan fingerprint density at radius 2 is 1.12 bits per heavy atom. The molecule has 4 N–H and O–H groups in total. The third kappa shape index (κ3) is 32.4. The van der Waals surface area contributed by atoms with Crippen LogP contribution in [-0.4, -0.2) is 59.9 Å². The summed E-state index contributed by atoms with van der Waals surface area (Å²) < 4.78 is 32.4. The molecule has 0 aliphatic heterocycles. The molecular weight excluding hydrogens is 661 g/mol. The number of ether oxygens (including phenoxy) is 2. The van der Waals surface area contributed by atoms with Gasteiger partial charge in [0.25, 0.3) is 0 Å². The zero-order valence-corrected chi connectivity index (χ0v) is 31.4. The summed E-state index contributed by atoms with van der Waals surface area (Å²) in [5, 5.41) is 8.84. The third-order valence-electron chi connectivity index (χ3n) is 7.28. The number of hydrogen-bond acceptors (Lipinski definition) is 9. The maximum Gasteiger partial charge on any atom is 0.472 e. The molecule has 0 bridgehead atoms. The first-order valence-corrected chi connectivity index (χ1v) is 19.8. The first-order chi connectivity index (χ1) is 24.1. The Kier molecular flexibility index (Phi) is 31.5. The van der Waals surface area contributed by atoms with Gasteiger partial charge in [-0.3, -0.25) is 23.4 Å². The molecule has 50 heavy (non-hydrogen) atoms. The van der Waals surface area contributed by atoms with E-state index in [0.717, 1.165) is 70.6 Å². The van der Waals surface area contributed by atoms with Gasteiger partial charge in [-0.05, 0) is 57.8 Å². The second kappa shape index (κ2) is 33.3. The maximum atomic E-state index is 12.5. The lowest BCUT2D eigenvalue weighted by Crippen LogP contribution is -2.34. The zero-order chi connectivity index (χ0) is 37.1. The van der Waals surface area contributed by atoms with Gasteiger partial charge in [-0.15, -0.1) is 0 Å². The molecule has 0 amide bonds. The highest BCUT2D eigenvalue weighted by atomic mass is 31.2. The van der Waals surface area contributed by atoms with Gasteiger partial charge in [0.15, 0.2) is 6.10 Å². The average molecular weight is 726 g/mol. The number of rotatable bonds is 33. The van der Waals surface area contributed by atoms with Crippen molar-refractivity contribution in [3.63, 3.8) is 0 Å². The Morgan fingerprint density at radius 1 is 0.640 bits per heavy atom. The summed E-state index contributed by atoms with van der Waals surface area (Å²) in [5.41, 5.74) is 5.30. The number of aliphatic carboxylic acids is 1. The molecule has 0 rings (SSSR count). The van der Waals surface area contributed by atoms with Crippen molar-refractivity contribution < 1.29 is 47.5 Å². The van der Waals surface area contributed by atoms with Crippen molar-refractivity contribution in [2.24, 2.45) is 5.73 Å². The van der Waals surface area contributed by atoms with Crippen molar-refractivity contribution in [3.8, 4) is 0 Å². The number of esters is 2. The van der Waals surface area contributed by atoms with E-state index in [4.69, 9.17) is 24.8 Å². The smallest absolute Gasteiger partial charge is 0.472 e. The molecule has 286 valence electrons. The van der Waals surface area contributed by atoms with Crippen molar-refractivity contribution in [3.05, 3.63) is 60.8 Å². The minimum atomic E-state index is -4.71. The van der Waals surface area contributed by atoms with Crippen molar-refractivity contribution in [2.75, 3.05) is 19.8 Å². The minimum Gasteiger partial charge on any atom is -0.480 e. The van der Waals surface area contributed by atoms with Gasteiger partial charge >= 0.3 is 25.7 Å². The van der Waals surface area contributed by atoms with E-state index < -0.39 is 51.1 Å². The molecule has 1 unspecified atom stereocenters. The number of nitrogens with two attached hydrogens (primary N) is 1. The van der Waals surface area contributed by atoms with Crippen LogP contribution in [0.3, 0.4) is 0 Å². The van der Waals surface area contributed by atoms with Gasteiger partial charge in [0.05, 0.1) is 13.2 Å². The van der Waals surface area contributed by atoms with Gasteiger partial charge in [-0.1, -0.05) is 120 Å². The van der Waals surface area contributed by atoms with Gasteiger partial charge in [0.1, 0.15) is 12.6 Å². The van der Waals surface area contributed by atoms with E-state index in [1.165, 1.54) is 19.3 Å². The van der Waals surface area contributed by atoms with E-state index in [0.29, 0.717) is 12.8 Å². The number of carboxylic acid groups (broad SMARTS) is 1. The molecule has 0 heterocycles. The molecular formula is C38H64NO10P. The lowest BCUT2D eigenvalue weighted by molar-refractivity contribution is -0.161. The summed E-state index contributed by atoms with van der Waals surface area (Å²) in [6.45, 7) is 2.56. The minimum absolute atomic E-state index is 0.120. The predicted molar refractivity (Wildman–Crippen MR) is 198 cm³/mol. The molecule has 0 spiro atoms. The van der Waals surface area contributed by atoms with Crippen molar-refractivity contribution in [2.45, 2.75) is 142 Å². The van der Waals surface area contributed by atoms with Crippen molar-refractivity contribution in [1.82, 2.24) is 0 Å². The Labute approximate surface area is 300 Å². The lowest BCUT2D eigenvalue weighted by Gasteiger charge is -2.20. The standard InChI is InChI=1S/C38H64NO10P/c1-3-5-7-9-11-12-13-14-15-16-17-18-19-20-21-22-24-26-28-30-37(41)49-34(32-47-50(44,45)48-33-35(39)38(42)43)31-46-36(40)29-27-25-23-10-8-6-4-2/h5,7,11-12,14-15,17-18,20-21,34-35H,3-4,6,8-10,13,16,19,22-33,39H2,1-2H3,(H,42,43)(H,44,45)/b7-5+,12-11+,15-14+,18-17+,21-20+/t34-,35-/m0/s1.